The number of aryl methyl sites for hydroxylation is 1. The Labute approximate surface area is 123 Å². The second-order valence-corrected chi connectivity index (χ2v) is 5.22. The Hall–Kier alpha value is -1.91. The minimum absolute atomic E-state index is 0.231. The summed E-state index contributed by atoms with van der Waals surface area (Å²) in [5.74, 6) is -0.958. The highest BCUT2D eigenvalue weighted by Gasteiger charge is 2.34. The van der Waals surface area contributed by atoms with Gasteiger partial charge in [-0.25, -0.2) is 9.18 Å². The van der Waals surface area contributed by atoms with Crippen molar-refractivity contribution in [2.45, 2.75) is 39.2 Å². The van der Waals surface area contributed by atoms with Crippen LogP contribution < -0.4 is 0 Å². The zero-order valence-corrected chi connectivity index (χ0v) is 12.4. The molecule has 1 saturated heterocycles. The first-order valence-corrected chi connectivity index (χ1v) is 7.28. The number of carbonyl (C=O) groups excluding carboxylic acids is 2. The molecule has 1 aliphatic rings. The molecule has 21 heavy (non-hydrogen) atoms. The fourth-order valence-electron chi connectivity index (χ4n) is 2.68. The molecule has 1 fully saturated rings. The van der Waals surface area contributed by atoms with E-state index in [2.05, 4.69) is 0 Å². The van der Waals surface area contributed by atoms with Crippen molar-refractivity contribution in [1.82, 2.24) is 4.90 Å². The monoisotopic (exact) mass is 293 g/mol. The van der Waals surface area contributed by atoms with Crippen molar-refractivity contribution in [1.29, 1.82) is 0 Å². The Morgan fingerprint density at radius 3 is 2.81 bits per heavy atom. The molecular weight excluding hydrogens is 273 g/mol. The van der Waals surface area contributed by atoms with Gasteiger partial charge in [0.2, 0.25) is 0 Å². The van der Waals surface area contributed by atoms with E-state index in [1.54, 1.807) is 18.7 Å². The zero-order chi connectivity index (χ0) is 15.4. The summed E-state index contributed by atoms with van der Waals surface area (Å²) in [6.45, 7) is 4.27. The van der Waals surface area contributed by atoms with Gasteiger partial charge in [-0.15, -0.1) is 0 Å². The average Bonchev–Trinajstić information content (AvgIpc) is 2.47. The predicted molar refractivity (Wildman–Crippen MR) is 76.4 cm³/mol. The van der Waals surface area contributed by atoms with Crippen LogP contribution in [-0.4, -0.2) is 36.0 Å². The minimum Gasteiger partial charge on any atom is -0.464 e. The van der Waals surface area contributed by atoms with Crippen LogP contribution in [0.5, 0.6) is 0 Å². The highest BCUT2D eigenvalue weighted by atomic mass is 19.1. The Kier molecular flexibility index (Phi) is 4.94. The number of hydrogen-bond acceptors (Lipinski definition) is 3. The number of carbonyl (C=O) groups is 2. The van der Waals surface area contributed by atoms with Crippen LogP contribution in [0.25, 0.3) is 0 Å². The summed E-state index contributed by atoms with van der Waals surface area (Å²) in [6, 6.07) is 3.54. The number of piperidine rings is 1. The summed E-state index contributed by atoms with van der Waals surface area (Å²) >= 11 is 0. The van der Waals surface area contributed by atoms with Crippen LogP contribution in [-0.2, 0) is 9.53 Å². The predicted octanol–water partition coefficient (Wildman–Crippen LogP) is 2.69. The number of likely N-dealkylation sites (tertiary alicyclic amines) is 1. The van der Waals surface area contributed by atoms with E-state index in [0.717, 1.165) is 12.8 Å². The molecule has 0 aliphatic carbocycles. The lowest BCUT2D eigenvalue weighted by molar-refractivity contribution is -0.149. The smallest absolute Gasteiger partial charge is 0.328 e. The van der Waals surface area contributed by atoms with Gasteiger partial charge in [0, 0.05) is 12.1 Å². The number of hydrogen-bond donors (Lipinski definition) is 0. The fourth-order valence-corrected chi connectivity index (χ4v) is 2.68. The number of benzene rings is 1. The Balaban J connectivity index is 2.24. The van der Waals surface area contributed by atoms with Crippen LogP contribution >= 0.6 is 0 Å². The van der Waals surface area contributed by atoms with E-state index in [-0.39, 0.29) is 17.7 Å². The lowest BCUT2D eigenvalue weighted by atomic mass is 9.99. The largest absolute Gasteiger partial charge is 0.464 e. The summed E-state index contributed by atoms with van der Waals surface area (Å²) in [5.41, 5.74) is 1.01. The molecule has 1 aliphatic heterocycles. The standard InChI is InChI=1S/C16H20FNO3/c1-3-21-16(20)14-6-4-5-9-18(14)15(19)13-8-7-12(17)10-11(13)2/h7-8,10,14H,3-6,9H2,1-2H3. The average molecular weight is 293 g/mol. The van der Waals surface area contributed by atoms with Crippen molar-refractivity contribution in [3.63, 3.8) is 0 Å². The zero-order valence-electron chi connectivity index (χ0n) is 12.4. The molecule has 1 aromatic rings. The van der Waals surface area contributed by atoms with E-state index in [4.69, 9.17) is 4.74 Å². The first-order chi connectivity index (χ1) is 10.0. The maximum Gasteiger partial charge on any atom is 0.328 e. The van der Waals surface area contributed by atoms with Crippen molar-refractivity contribution in [2.24, 2.45) is 0 Å². The maximum atomic E-state index is 13.2. The normalized spacial score (nSPS) is 18.4. The van der Waals surface area contributed by atoms with Crippen molar-refractivity contribution < 1.29 is 18.7 Å². The van der Waals surface area contributed by atoms with Gasteiger partial charge in [-0.3, -0.25) is 4.79 Å². The first kappa shape index (κ1) is 15.5. The van der Waals surface area contributed by atoms with Crippen molar-refractivity contribution in [3.8, 4) is 0 Å². The lowest BCUT2D eigenvalue weighted by Crippen LogP contribution is -2.48. The van der Waals surface area contributed by atoms with E-state index in [0.29, 0.717) is 30.7 Å². The third kappa shape index (κ3) is 3.40. The first-order valence-electron chi connectivity index (χ1n) is 7.28. The number of amides is 1. The van der Waals surface area contributed by atoms with Crippen molar-refractivity contribution in [2.75, 3.05) is 13.2 Å². The lowest BCUT2D eigenvalue weighted by Gasteiger charge is -2.34. The van der Waals surface area contributed by atoms with Crippen LogP contribution in [0.15, 0.2) is 18.2 Å². The van der Waals surface area contributed by atoms with Gasteiger partial charge in [-0.1, -0.05) is 0 Å². The number of halogens is 1. The second kappa shape index (κ2) is 6.70. The van der Waals surface area contributed by atoms with Gasteiger partial charge in [0.15, 0.2) is 0 Å². The Morgan fingerprint density at radius 1 is 1.38 bits per heavy atom. The van der Waals surface area contributed by atoms with Gasteiger partial charge in [0.05, 0.1) is 6.61 Å². The summed E-state index contributed by atoms with van der Waals surface area (Å²) in [6.07, 6.45) is 2.38. The van der Waals surface area contributed by atoms with Crippen molar-refractivity contribution in [3.05, 3.63) is 35.1 Å². The van der Waals surface area contributed by atoms with Crippen molar-refractivity contribution >= 4 is 11.9 Å². The molecule has 1 heterocycles. The molecule has 2 rings (SSSR count). The number of rotatable bonds is 3. The number of ether oxygens (including phenoxy) is 1. The molecule has 0 aromatic heterocycles. The summed E-state index contributed by atoms with van der Waals surface area (Å²) in [4.78, 5) is 26.2. The highest BCUT2D eigenvalue weighted by molar-refractivity contribution is 5.98. The van der Waals surface area contributed by atoms with Gasteiger partial charge in [-0.05, 0) is 56.9 Å². The minimum atomic E-state index is -0.532. The van der Waals surface area contributed by atoms with Crippen LogP contribution in [0, 0.1) is 12.7 Å². The quantitative estimate of drug-likeness (QED) is 0.805. The van der Waals surface area contributed by atoms with Gasteiger partial charge >= 0.3 is 5.97 Å². The number of nitrogens with zero attached hydrogens (tertiary/aromatic N) is 1. The Morgan fingerprint density at radius 2 is 2.14 bits per heavy atom. The molecule has 0 bridgehead atoms. The van der Waals surface area contributed by atoms with E-state index in [1.807, 2.05) is 0 Å². The molecule has 0 radical (unpaired) electrons. The molecule has 0 saturated carbocycles. The molecule has 0 spiro atoms. The molecular formula is C16H20FNO3. The molecule has 1 atom stereocenters. The SMILES string of the molecule is CCOC(=O)C1CCCCN1C(=O)c1ccc(F)cc1C. The van der Waals surface area contributed by atoms with Gasteiger partial charge in [-0.2, -0.15) is 0 Å². The molecule has 1 amide bonds. The van der Waals surface area contributed by atoms with Gasteiger partial charge < -0.3 is 9.64 Å². The van der Waals surface area contributed by atoms with E-state index in [9.17, 15) is 14.0 Å². The molecule has 0 N–H and O–H groups in total. The maximum absolute atomic E-state index is 13.2. The molecule has 5 heteroatoms. The second-order valence-electron chi connectivity index (χ2n) is 5.22. The molecule has 114 valence electrons. The summed E-state index contributed by atoms with van der Waals surface area (Å²) < 4.78 is 18.2. The summed E-state index contributed by atoms with van der Waals surface area (Å²) in [5, 5.41) is 0. The van der Waals surface area contributed by atoms with Crippen LogP contribution in [0.3, 0.4) is 0 Å². The third-order valence-corrected chi connectivity index (χ3v) is 3.74. The van der Waals surface area contributed by atoms with Crippen LogP contribution in [0.4, 0.5) is 4.39 Å². The molecule has 1 aromatic carbocycles. The van der Waals surface area contributed by atoms with E-state index in [1.165, 1.54) is 18.2 Å². The van der Waals surface area contributed by atoms with Crippen LogP contribution in [0.1, 0.15) is 42.1 Å². The van der Waals surface area contributed by atoms with Gasteiger partial charge in [0.25, 0.3) is 5.91 Å². The topological polar surface area (TPSA) is 46.6 Å². The van der Waals surface area contributed by atoms with E-state index >= 15 is 0 Å². The third-order valence-electron chi connectivity index (χ3n) is 3.74. The van der Waals surface area contributed by atoms with Crippen LogP contribution in [0.2, 0.25) is 0 Å². The highest BCUT2D eigenvalue weighted by Crippen LogP contribution is 2.22. The molecule has 1 unspecified atom stereocenters. The number of esters is 1. The fraction of sp³-hybridized carbons (Fsp3) is 0.500. The Bertz CT molecular complexity index is 544. The van der Waals surface area contributed by atoms with Gasteiger partial charge in [0.1, 0.15) is 11.9 Å². The molecule has 4 nitrogen and oxygen atoms in total. The summed E-state index contributed by atoms with van der Waals surface area (Å²) in [7, 11) is 0. The van der Waals surface area contributed by atoms with E-state index < -0.39 is 6.04 Å².